The summed E-state index contributed by atoms with van der Waals surface area (Å²) < 4.78 is 181. The molecule has 0 heterocycles. The van der Waals surface area contributed by atoms with Gasteiger partial charge < -0.3 is 4.90 Å². The molecule has 1 aromatic carbocycles. The molecule has 0 aliphatic carbocycles. The normalized spacial score (nSPS) is 14.5. The highest BCUT2D eigenvalue weighted by Gasteiger charge is 2.91. The van der Waals surface area contributed by atoms with Crippen LogP contribution in [0.3, 0.4) is 0 Å². The van der Waals surface area contributed by atoms with Crippen LogP contribution in [0.4, 0.5) is 57.1 Å². The molecule has 0 spiro atoms. The Morgan fingerprint density at radius 2 is 1.00 bits per heavy atom. The fraction of sp³-hybridized carbons (Fsp3) is 0.692. The highest BCUT2D eigenvalue weighted by atomic mass is 19.4. The first-order valence-electron chi connectivity index (χ1n) is 12.7. The summed E-state index contributed by atoms with van der Waals surface area (Å²) in [6, 6.07) is 6.12. The van der Waals surface area contributed by atoms with Gasteiger partial charge in [0.05, 0.1) is 5.70 Å². The van der Waals surface area contributed by atoms with Gasteiger partial charge in [0.15, 0.2) is 0 Å². The van der Waals surface area contributed by atoms with Crippen molar-refractivity contribution in [1.29, 1.82) is 0 Å². The number of unbranched alkanes of at least 4 members (excludes halogenated alkanes) is 6. The van der Waals surface area contributed by atoms with Crippen molar-refractivity contribution in [1.82, 2.24) is 4.90 Å². The SMILES string of the molecule is CCCCCCN(CCCCCC)/C(=C/c1ccccc1)C(F)(F)C(F)(F)C(F)(F)C(F)(F)C(F)(F)C(F)(F)F. The first-order valence-corrected chi connectivity index (χ1v) is 12.7. The van der Waals surface area contributed by atoms with Crippen molar-refractivity contribution in [2.45, 2.75) is 101 Å². The predicted octanol–water partition coefficient (Wildman–Crippen LogP) is 10.2. The van der Waals surface area contributed by atoms with Gasteiger partial charge in [-0.2, -0.15) is 57.1 Å². The van der Waals surface area contributed by atoms with E-state index in [4.69, 9.17) is 0 Å². The van der Waals surface area contributed by atoms with Crippen molar-refractivity contribution in [3.05, 3.63) is 41.6 Å². The fourth-order valence-corrected chi connectivity index (χ4v) is 3.83. The molecule has 1 rings (SSSR count). The second-order valence-corrected chi connectivity index (χ2v) is 9.42. The highest BCUT2D eigenvalue weighted by molar-refractivity contribution is 5.55. The molecule has 0 aliphatic heterocycles. The van der Waals surface area contributed by atoms with Gasteiger partial charge in [-0.05, 0) is 24.5 Å². The van der Waals surface area contributed by atoms with Gasteiger partial charge in [-0.15, -0.1) is 0 Å². The Morgan fingerprint density at radius 3 is 1.40 bits per heavy atom. The van der Waals surface area contributed by atoms with Gasteiger partial charge in [0.25, 0.3) is 0 Å². The van der Waals surface area contributed by atoms with Crippen molar-refractivity contribution >= 4 is 6.08 Å². The van der Waals surface area contributed by atoms with E-state index in [0.29, 0.717) is 49.5 Å². The van der Waals surface area contributed by atoms with E-state index in [-0.39, 0.29) is 18.4 Å². The zero-order chi connectivity index (χ0) is 31.0. The molecule has 0 aliphatic rings. The minimum atomic E-state index is -7.93. The molecule has 0 radical (unpaired) electrons. The zero-order valence-electron chi connectivity index (χ0n) is 21.9. The van der Waals surface area contributed by atoms with Crippen LogP contribution in [0.15, 0.2) is 36.0 Å². The molecule has 0 saturated carbocycles. The maximum atomic E-state index is 15.5. The lowest BCUT2D eigenvalue weighted by atomic mass is 9.91. The van der Waals surface area contributed by atoms with E-state index in [1.165, 1.54) is 18.2 Å². The van der Waals surface area contributed by atoms with Gasteiger partial charge >= 0.3 is 35.8 Å². The lowest BCUT2D eigenvalue weighted by molar-refractivity contribution is -0.437. The molecule has 1 nitrogen and oxygen atoms in total. The summed E-state index contributed by atoms with van der Waals surface area (Å²) in [5.41, 5.74) is -2.15. The van der Waals surface area contributed by atoms with Crippen LogP contribution in [-0.4, -0.2) is 53.8 Å². The van der Waals surface area contributed by atoms with Gasteiger partial charge in [0, 0.05) is 13.1 Å². The minimum Gasteiger partial charge on any atom is -0.370 e. The Morgan fingerprint density at radius 1 is 0.575 bits per heavy atom. The lowest BCUT2D eigenvalue weighted by Gasteiger charge is -2.42. The van der Waals surface area contributed by atoms with Crippen LogP contribution in [-0.2, 0) is 0 Å². The number of alkyl halides is 13. The van der Waals surface area contributed by atoms with Gasteiger partial charge in [-0.25, -0.2) is 0 Å². The van der Waals surface area contributed by atoms with Crippen LogP contribution in [0.2, 0.25) is 0 Å². The Kier molecular flexibility index (Phi) is 12.3. The summed E-state index contributed by atoms with van der Waals surface area (Å²) in [5.74, 6) is -37.2. The molecular weight excluding hydrogens is 573 g/mol. The minimum absolute atomic E-state index is 0.0914. The fourth-order valence-electron chi connectivity index (χ4n) is 3.83. The average molecular weight is 606 g/mol. The summed E-state index contributed by atoms with van der Waals surface area (Å²) in [6.45, 7) is 2.77. The number of nitrogens with zero attached hydrogens (tertiary/aromatic N) is 1. The van der Waals surface area contributed by atoms with Crippen LogP contribution >= 0.6 is 0 Å². The molecule has 232 valence electrons. The molecule has 0 fully saturated rings. The lowest BCUT2D eigenvalue weighted by Crippen LogP contribution is -2.70. The second-order valence-electron chi connectivity index (χ2n) is 9.42. The van der Waals surface area contributed by atoms with E-state index >= 15 is 8.78 Å². The summed E-state index contributed by atoms with van der Waals surface area (Å²) in [7, 11) is 0. The van der Waals surface area contributed by atoms with Gasteiger partial charge in [0.2, 0.25) is 0 Å². The van der Waals surface area contributed by atoms with Crippen molar-refractivity contribution in [3.8, 4) is 0 Å². The first kappa shape index (κ1) is 35.9. The third-order valence-corrected chi connectivity index (χ3v) is 6.26. The molecule has 0 saturated heterocycles. The molecule has 0 aromatic heterocycles. The first-order chi connectivity index (χ1) is 18.2. The maximum absolute atomic E-state index is 15.5. The standard InChI is InChI=1S/C26H32F13N/c1-3-5-7-12-16-40(17-13-8-6-4-2)20(18-19-14-10-9-11-15-19)21(27,28)22(29,30)23(31,32)24(33,34)25(35,36)26(37,38)39/h9-11,14-15,18H,3-8,12-13,16-17H2,1-2H3/b20-18+. The van der Waals surface area contributed by atoms with Gasteiger partial charge in [-0.3, -0.25) is 0 Å². The molecule has 0 unspecified atom stereocenters. The number of hydrogen-bond acceptors (Lipinski definition) is 1. The van der Waals surface area contributed by atoms with E-state index in [1.807, 2.05) is 0 Å². The van der Waals surface area contributed by atoms with E-state index in [0.717, 1.165) is 12.1 Å². The quantitative estimate of drug-likeness (QED) is 0.126. The molecule has 40 heavy (non-hydrogen) atoms. The molecule has 0 amide bonds. The predicted molar refractivity (Wildman–Crippen MR) is 125 cm³/mol. The molecule has 0 N–H and O–H groups in total. The number of rotatable bonds is 17. The highest BCUT2D eigenvalue weighted by Crippen LogP contribution is 2.61. The number of benzene rings is 1. The Bertz CT molecular complexity index is 912. The van der Waals surface area contributed by atoms with E-state index in [1.54, 1.807) is 13.8 Å². The van der Waals surface area contributed by atoms with Crippen LogP contribution in [0.1, 0.15) is 70.8 Å². The molecule has 14 heteroatoms. The second kappa shape index (κ2) is 13.7. The molecule has 0 atom stereocenters. The summed E-state index contributed by atoms with van der Waals surface area (Å²) in [5, 5.41) is 0. The van der Waals surface area contributed by atoms with Crippen molar-refractivity contribution in [3.63, 3.8) is 0 Å². The average Bonchev–Trinajstić information content (AvgIpc) is 2.86. The van der Waals surface area contributed by atoms with E-state index < -0.39 is 54.6 Å². The largest absolute Gasteiger partial charge is 0.460 e. The van der Waals surface area contributed by atoms with Crippen LogP contribution in [0.25, 0.3) is 6.08 Å². The maximum Gasteiger partial charge on any atom is 0.460 e. The summed E-state index contributed by atoms with van der Waals surface area (Å²) >= 11 is 0. The van der Waals surface area contributed by atoms with Crippen LogP contribution in [0.5, 0.6) is 0 Å². The van der Waals surface area contributed by atoms with E-state index in [2.05, 4.69) is 0 Å². The number of hydrogen-bond donors (Lipinski definition) is 0. The zero-order valence-corrected chi connectivity index (χ0v) is 21.9. The molecule has 1 aromatic rings. The number of allylic oxidation sites excluding steroid dienone is 1. The Hall–Kier alpha value is -2.15. The molecule has 0 bridgehead atoms. The van der Waals surface area contributed by atoms with Crippen LogP contribution in [0, 0.1) is 0 Å². The van der Waals surface area contributed by atoms with Crippen molar-refractivity contribution in [2.24, 2.45) is 0 Å². The third kappa shape index (κ3) is 7.37. The number of halogens is 13. The Balaban J connectivity index is 3.76. The topological polar surface area (TPSA) is 3.24 Å². The van der Waals surface area contributed by atoms with E-state index in [9.17, 15) is 48.3 Å². The van der Waals surface area contributed by atoms with Gasteiger partial charge in [-0.1, -0.05) is 82.7 Å². The summed E-state index contributed by atoms with van der Waals surface area (Å²) in [6.07, 6.45) is -3.62. The Labute approximate surface area is 224 Å². The van der Waals surface area contributed by atoms with Gasteiger partial charge in [0.1, 0.15) is 0 Å². The summed E-state index contributed by atoms with van der Waals surface area (Å²) in [4.78, 5) is 0.586. The van der Waals surface area contributed by atoms with Crippen molar-refractivity contribution in [2.75, 3.05) is 13.1 Å². The smallest absolute Gasteiger partial charge is 0.370 e. The van der Waals surface area contributed by atoms with Crippen LogP contribution < -0.4 is 0 Å². The monoisotopic (exact) mass is 605 g/mol. The molecular formula is C26H32F13N. The third-order valence-electron chi connectivity index (χ3n) is 6.26. The van der Waals surface area contributed by atoms with Crippen molar-refractivity contribution < 1.29 is 57.1 Å².